The summed E-state index contributed by atoms with van der Waals surface area (Å²) in [6, 6.07) is 12.0. The van der Waals surface area contributed by atoms with Gasteiger partial charge >= 0.3 is 0 Å². The Kier molecular flexibility index (Phi) is 1.76. The number of nitrogens with zero attached hydrogens (tertiary/aromatic N) is 1. The molecule has 1 aromatic carbocycles. The SMILES string of the molecule is Nc1cc(-c2cc3ccccc3s2)on1. The van der Waals surface area contributed by atoms with Gasteiger partial charge in [0.15, 0.2) is 11.6 Å². The van der Waals surface area contributed by atoms with E-state index in [9.17, 15) is 0 Å². The highest BCUT2D eigenvalue weighted by Gasteiger charge is 2.08. The molecular weight excluding hydrogens is 208 g/mol. The van der Waals surface area contributed by atoms with Gasteiger partial charge in [0.05, 0.1) is 4.88 Å². The molecule has 0 fully saturated rings. The molecule has 0 spiro atoms. The normalized spacial score (nSPS) is 10.9. The molecule has 0 aliphatic heterocycles. The van der Waals surface area contributed by atoms with Crippen LogP contribution >= 0.6 is 11.3 Å². The van der Waals surface area contributed by atoms with Gasteiger partial charge in [-0.1, -0.05) is 23.4 Å². The molecule has 0 radical (unpaired) electrons. The minimum Gasteiger partial charge on any atom is -0.381 e. The van der Waals surface area contributed by atoms with Gasteiger partial charge in [-0.3, -0.25) is 0 Å². The highest BCUT2D eigenvalue weighted by Crippen LogP contribution is 2.33. The first kappa shape index (κ1) is 8.49. The predicted octanol–water partition coefficient (Wildman–Crippen LogP) is 3.14. The van der Waals surface area contributed by atoms with E-state index in [4.69, 9.17) is 10.3 Å². The van der Waals surface area contributed by atoms with E-state index in [1.54, 1.807) is 17.4 Å². The molecule has 0 aliphatic rings. The van der Waals surface area contributed by atoms with Gasteiger partial charge in [0.1, 0.15) is 0 Å². The molecule has 0 saturated heterocycles. The van der Waals surface area contributed by atoms with Gasteiger partial charge in [0.2, 0.25) is 0 Å². The number of nitrogen functional groups attached to an aromatic ring is 1. The van der Waals surface area contributed by atoms with Gasteiger partial charge in [-0.15, -0.1) is 11.3 Å². The lowest BCUT2D eigenvalue weighted by Gasteiger charge is -1.83. The Morgan fingerprint density at radius 2 is 2.07 bits per heavy atom. The second-order valence-corrected chi connectivity index (χ2v) is 4.35. The van der Waals surface area contributed by atoms with E-state index in [0.717, 1.165) is 10.6 Å². The van der Waals surface area contributed by atoms with Crippen LogP contribution in [0.3, 0.4) is 0 Å². The van der Waals surface area contributed by atoms with E-state index in [-0.39, 0.29) is 0 Å². The molecule has 2 heterocycles. The molecule has 3 rings (SSSR count). The summed E-state index contributed by atoms with van der Waals surface area (Å²) in [5.74, 6) is 1.15. The standard InChI is InChI=1S/C11H8N2OS/c12-11-6-8(14-13-11)10-5-7-3-1-2-4-9(7)15-10/h1-6H,(H2,12,13). The number of fused-ring (bicyclic) bond motifs is 1. The Morgan fingerprint density at radius 1 is 1.20 bits per heavy atom. The number of benzene rings is 1. The average molecular weight is 216 g/mol. The predicted molar refractivity (Wildman–Crippen MR) is 61.7 cm³/mol. The van der Waals surface area contributed by atoms with Gasteiger partial charge in [0.25, 0.3) is 0 Å². The third kappa shape index (κ3) is 1.39. The van der Waals surface area contributed by atoms with E-state index in [1.165, 1.54) is 10.1 Å². The number of thiophene rings is 1. The second-order valence-electron chi connectivity index (χ2n) is 3.26. The highest BCUT2D eigenvalue weighted by atomic mass is 32.1. The van der Waals surface area contributed by atoms with Crippen molar-refractivity contribution < 1.29 is 4.52 Å². The van der Waals surface area contributed by atoms with Gasteiger partial charge in [0, 0.05) is 10.8 Å². The number of rotatable bonds is 1. The Morgan fingerprint density at radius 3 is 2.80 bits per heavy atom. The molecule has 0 saturated carbocycles. The van der Waals surface area contributed by atoms with E-state index >= 15 is 0 Å². The number of nitrogens with two attached hydrogens (primary N) is 1. The molecule has 3 aromatic rings. The van der Waals surface area contributed by atoms with E-state index in [0.29, 0.717) is 5.82 Å². The molecule has 3 nitrogen and oxygen atoms in total. The molecule has 2 N–H and O–H groups in total. The number of hydrogen-bond acceptors (Lipinski definition) is 4. The monoisotopic (exact) mass is 216 g/mol. The van der Waals surface area contributed by atoms with Crippen LogP contribution in [-0.4, -0.2) is 5.16 Å². The quantitative estimate of drug-likeness (QED) is 0.679. The first-order valence-electron chi connectivity index (χ1n) is 4.54. The zero-order chi connectivity index (χ0) is 10.3. The number of aromatic nitrogens is 1. The smallest absolute Gasteiger partial charge is 0.179 e. The van der Waals surface area contributed by atoms with E-state index in [2.05, 4.69) is 23.4 Å². The third-order valence-corrected chi connectivity index (χ3v) is 3.33. The number of anilines is 1. The maximum atomic E-state index is 5.51. The Balaban J connectivity index is 2.19. The minimum atomic E-state index is 0.419. The van der Waals surface area contributed by atoms with Gasteiger partial charge in [-0.2, -0.15) is 0 Å². The highest BCUT2D eigenvalue weighted by molar-refractivity contribution is 7.22. The Hall–Kier alpha value is -1.81. The van der Waals surface area contributed by atoms with E-state index in [1.807, 2.05) is 12.1 Å². The summed E-state index contributed by atoms with van der Waals surface area (Å²) < 4.78 is 6.35. The molecule has 0 unspecified atom stereocenters. The summed E-state index contributed by atoms with van der Waals surface area (Å²) in [5.41, 5.74) is 5.51. The van der Waals surface area contributed by atoms with Crippen molar-refractivity contribution in [3.05, 3.63) is 36.4 Å². The fraction of sp³-hybridized carbons (Fsp3) is 0. The molecule has 0 amide bonds. The number of hydrogen-bond donors (Lipinski definition) is 1. The molecule has 0 atom stereocenters. The van der Waals surface area contributed by atoms with Crippen LogP contribution in [0.4, 0.5) is 5.82 Å². The van der Waals surface area contributed by atoms with Crippen LogP contribution in [0.15, 0.2) is 40.9 Å². The van der Waals surface area contributed by atoms with Gasteiger partial charge in [-0.05, 0) is 17.5 Å². The summed E-state index contributed by atoms with van der Waals surface area (Å²) in [6.07, 6.45) is 0. The van der Waals surface area contributed by atoms with Crippen LogP contribution in [0.25, 0.3) is 20.7 Å². The van der Waals surface area contributed by atoms with E-state index < -0.39 is 0 Å². The van der Waals surface area contributed by atoms with Crippen molar-refractivity contribution in [2.75, 3.05) is 5.73 Å². The van der Waals surface area contributed by atoms with Crippen LogP contribution < -0.4 is 5.73 Å². The van der Waals surface area contributed by atoms with Crippen molar-refractivity contribution in [1.82, 2.24) is 5.16 Å². The molecule has 4 heteroatoms. The largest absolute Gasteiger partial charge is 0.381 e. The Bertz CT molecular complexity index is 579. The first-order chi connectivity index (χ1) is 7.33. The fourth-order valence-electron chi connectivity index (χ4n) is 1.51. The second kappa shape index (κ2) is 3.10. The summed E-state index contributed by atoms with van der Waals surface area (Å²) in [6.45, 7) is 0. The van der Waals surface area contributed by atoms with Gasteiger partial charge < -0.3 is 10.3 Å². The fourth-order valence-corrected chi connectivity index (χ4v) is 2.52. The zero-order valence-electron chi connectivity index (χ0n) is 7.81. The van der Waals surface area contributed by atoms with Crippen molar-refractivity contribution >= 4 is 27.2 Å². The minimum absolute atomic E-state index is 0.419. The summed E-state index contributed by atoms with van der Waals surface area (Å²) >= 11 is 1.67. The molecule has 74 valence electrons. The zero-order valence-corrected chi connectivity index (χ0v) is 8.62. The van der Waals surface area contributed by atoms with Crippen LogP contribution in [0.5, 0.6) is 0 Å². The summed E-state index contributed by atoms with van der Waals surface area (Å²) in [4.78, 5) is 1.06. The lowest BCUT2D eigenvalue weighted by molar-refractivity contribution is 0.436. The lowest BCUT2D eigenvalue weighted by atomic mass is 10.2. The molecule has 0 bridgehead atoms. The topological polar surface area (TPSA) is 52.0 Å². The molecule has 15 heavy (non-hydrogen) atoms. The molecular formula is C11H8N2OS. The maximum absolute atomic E-state index is 5.51. The van der Waals surface area contributed by atoms with Crippen LogP contribution in [0.2, 0.25) is 0 Å². The Labute approximate surface area is 90.1 Å². The van der Waals surface area contributed by atoms with Crippen molar-refractivity contribution in [2.24, 2.45) is 0 Å². The van der Waals surface area contributed by atoms with Gasteiger partial charge in [-0.25, -0.2) is 0 Å². The van der Waals surface area contributed by atoms with Crippen molar-refractivity contribution in [2.45, 2.75) is 0 Å². The van der Waals surface area contributed by atoms with Crippen LogP contribution in [0, 0.1) is 0 Å². The lowest BCUT2D eigenvalue weighted by Crippen LogP contribution is -1.79. The average Bonchev–Trinajstić information content (AvgIpc) is 2.82. The summed E-state index contributed by atoms with van der Waals surface area (Å²) in [5, 5.41) is 4.89. The maximum Gasteiger partial charge on any atom is 0.179 e. The van der Waals surface area contributed by atoms with Crippen LogP contribution in [0.1, 0.15) is 0 Å². The van der Waals surface area contributed by atoms with Crippen molar-refractivity contribution in [3.8, 4) is 10.6 Å². The summed E-state index contributed by atoms with van der Waals surface area (Å²) in [7, 11) is 0. The molecule has 0 aliphatic carbocycles. The first-order valence-corrected chi connectivity index (χ1v) is 5.36. The third-order valence-electron chi connectivity index (χ3n) is 2.20. The van der Waals surface area contributed by atoms with Crippen molar-refractivity contribution in [1.29, 1.82) is 0 Å². The molecule has 2 aromatic heterocycles. The van der Waals surface area contributed by atoms with Crippen LogP contribution in [-0.2, 0) is 0 Å². The van der Waals surface area contributed by atoms with Crippen molar-refractivity contribution in [3.63, 3.8) is 0 Å².